The molecule has 1 aromatic carbocycles. The van der Waals surface area contributed by atoms with Gasteiger partial charge in [0, 0.05) is 30.9 Å². The Hall–Kier alpha value is -1.56. The second-order valence-corrected chi connectivity index (χ2v) is 4.60. The molecule has 19 heavy (non-hydrogen) atoms. The van der Waals surface area contributed by atoms with Crippen molar-refractivity contribution in [2.75, 3.05) is 25.0 Å². The van der Waals surface area contributed by atoms with Gasteiger partial charge in [0.15, 0.2) is 0 Å². The highest BCUT2D eigenvalue weighted by molar-refractivity contribution is 9.09. The third-order valence-electron chi connectivity index (χ3n) is 2.23. The number of alkyl halides is 1. The van der Waals surface area contributed by atoms with Gasteiger partial charge in [0.25, 0.3) is 5.91 Å². The zero-order valence-corrected chi connectivity index (χ0v) is 12.3. The first kappa shape index (κ1) is 15.5. The second kappa shape index (κ2) is 8.53. The second-order valence-electron chi connectivity index (χ2n) is 3.80. The summed E-state index contributed by atoms with van der Waals surface area (Å²) in [5.74, 6) is 0.364. The minimum Gasteiger partial charge on any atom is -0.493 e. The maximum absolute atomic E-state index is 11.8. The van der Waals surface area contributed by atoms with E-state index in [4.69, 9.17) is 4.74 Å². The van der Waals surface area contributed by atoms with Crippen LogP contribution in [0.2, 0.25) is 0 Å². The van der Waals surface area contributed by atoms with E-state index in [2.05, 4.69) is 26.6 Å². The molecule has 104 valence electrons. The third kappa shape index (κ3) is 6.24. The van der Waals surface area contributed by atoms with Gasteiger partial charge in [-0.15, -0.1) is 0 Å². The Kier molecular flexibility index (Phi) is 6.95. The Bertz CT molecular complexity index is 438. The molecule has 0 aliphatic carbocycles. The van der Waals surface area contributed by atoms with E-state index < -0.39 is 0 Å². The molecule has 0 fully saturated rings. The van der Waals surface area contributed by atoms with Crippen LogP contribution in [0.5, 0.6) is 5.75 Å². The number of carbonyl (C=O) groups is 2. The first-order valence-electron chi connectivity index (χ1n) is 5.95. The lowest BCUT2D eigenvalue weighted by molar-refractivity contribution is -0.118. The molecular weight excluding hydrogens is 312 g/mol. The molecule has 0 bridgehead atoms. The van der Waals surface area contributed by atoms with Crippen LogP contribution in [0.4, 0.5) is 0 Å². The highest BCUT2D eigenvalue weighted by Crippen LogP contribution is 2.13. The number of hydrogen-bond donors (Lipinski definition) is 2. The van der Waals surface area contributed by atoms with Gasteiger partial charge in [0.05, 0.1) is 6.61 Å². The van der Waals surface area contributed by atoms with Crippen molar-refractivity contribution in [3.63, 3.8) is 0 Å². The van der Waals surface area contributed by atoms with Gasteiger partial charge in [-0.3, -0.25) is 9.59 Å². The van der Waals surface area contributed by atoms with Gasteiger partial charge in [-0.1, -0.05) is 22.0 Å². The Balaban J connectivity index is 2.45. The lowest BCUT2D eigenvalue weighted by Crippen LogP contribution is -2.33. The van der Waals surface area contributed by atoms with Gasteiger partial charge in [-0.2, -0.15) is 0 Å². The van der Waals surface area contributed by atoms with Gasteiger partial charge in [0.1, 0.15) is 5.75 Å². The van der Waals surface area contributed by atoms with Crippen molar-refractivity contribution < 1.29 is 14.3 Å². The number of rotatable bonds is 7. The summed E-state index contributed by atoms with van der Waals surface area (Å²) in [4.78, 5) is 22.5. The van der Waals surface area contributed by atoms with E-state index in [1.807, 2.05) is 0 Å². The highest BCUT2D eigenvalue weighted by atomic mass is 79.9. The van der Waals surface area contributed by atoms with Crippen LogP contribution in [0.15, 0.2) is 24.3 Å². The Morgan fingerprint density at radius 3 is 2.68 bits per heavy atom. The maximum atomic E-state index is 11.8. The number of amides is 2. The molecule has 0 radical (unpaired) electrons. The molecule has 2 N–H and O–H groups in total. The smallest absolute Gasteiger partial charge is 0.251 e. The van der Waals surface area contributed by atoms with Gasteiger partial charge in [0.2, 0.25) is 5.91 Å². The monoisotopic (exact) mass is 328 g/mol. The van der Waals surface area contributed by atoms with Gasteiger partial charge in [-0.25, -0.2) is 0 Å². The molecule has 2 amide bonds. The first-order chi connectivity index (χ1) is 9.13. The van der Waals surface area contributed by atoms with Gasteiger partial charge < -0.3 is 15.4 Å². The van der Waals surface area contributed by atoms with Crippen LogP contribution in [0, 0.1) is 0 Å². The average molecular weight is 329 g/mol. The zero-order valence-electron chi connectivity index (χ0n) is 10.7. The van der Waals surface area contributed by atoms with Crippen LogP contribution in [0.1, 0.15) is 17.3 Å². The van der Waals surface area contributed by atoms with E-state index in [9.17, 15) is 9.59 Å². The van der Waals surface area contributed by atoms with Crippen molar-refractivity contribution in [1.29, 1.82) is 0 Å². The molecule has 1 aromatic rings. The molecular formula is C13H17BrN2O3. The molecule has 0 aliphatic heterocycles. The van der Waals surface area contributed by atoms with Crippen LogP contribution in [-0.4, -0.2) is 36.8 Å². The van der Waals surface area contributed by atoms with Crippen LogP contribution in [0.25, 0.3) is 0 Å². The largest absolute Gasteiger partial charge is 0.493 e. The number of nitrogens with one attached hydrogen (secondary N) is 2. The normalized spacial score (nSPS) is 9.79. The van der Waals surface area contributed by atoms with Crippen molar-refractivity contribution in [3.05, 3.63) is 29.8 Å². The summed E-state index contributed by atoms with van der Waals surface area (Å²) in [7, 11) is 0. The summed E-state index contributed by atoms with van der Waals surface area (Å²) in [5, 5.41) is 6.06. The van der Waals surface area contributed by atoms with E-state index in [1.54, 1.807) is 24.3 Å². The van der Waals surface area contributed by atoms with Crippen LogP contribution >= 0.6 is 15.9 Å². The summed E-state index contributed by atoms with van der Waals surface area (Å²) in [6, 6.07) is 6.98. The fourth-order valence-electron chi connectivity index (χ4n) is 1.40. The quantitative estimate of drug-likeness (QED) is 0.586. The lowest BCUT2D eigenvalue weighted by atomic mass is 10.2. The summed E-state index contributed by atoms with van der Waals surface area (Å²) >= 11 is 3.27. The first-order valence-corrected chi connectivity index (χ1v) is 7.07. The summed E-state index contributed by atoms with van der Waals surface area (Å²) in [5.41, 5.74) is 0.537. The lowest BCUT2D eigenvalue weighted by Gasteiger charge is -2.08. The number of halogens is 1. The average Bonchev–Trinajstić information content (AvgIpc) is 2.41. The molecule has 0 aliphatic rings. The predicted octanol–water partition coefficient (Wildman–Crippen LogP) is 1.33. The molecule has 6 heteroatoms. The Labute approximate surface area is 120 Å². The summed E-state index contributed by atoms with van der Waals surface area (Å²) < 4.78 is 5.42. The molecule has 1 rings (SSSR count). The fourth-order valence-corrected chi connectivity index (χ4v) is 1.56. The Morgan fingerprint density at radius 1 is 1.26 bits per heavy atom. The van der Waals surface area contributed by atoms with Crippen LogP contribution in [0.3, 0.4) is 0 Å². The molecule has 0 atom stereocenters. The number of carbonyl (C=O) groups excluding carboxylic acids is 2. The van der Waals surface area contributed by atoms with Crippen molar-refractivity contribution in [1.82, 2.24) is 10.6 Å². The minimum atomic E-state index is -0.186. The maximum Gasteiger partial charge on any atom is 0.251 e. The van der Waals surface area contributed by atoms with E-state index in [1.165, 1.54) is 6.92 Å². The van der Waals surface area contributed by atoms with Crippen molar-refractivity contribution in [2.24, 2.45) is 0 Å². The zero-order chi connectivity index (χ0) is 14.1. The van der Waals surface area contributed by atoms with E-state index >= 15 is 0 Å². The number of benzene rings is 1. The number of hydrogen-bond acceptors (Lipinski definition) is 3. The molecule has 0 unspecified atom stereocenters. The highest BCUT2D eigenvalue weighted by Gasteiger charge is 2.06. The molecule has 0 saturated heterocycles. The van der Waals surface area contributed by atoms with E-state index in [0.29, 0.717) is 31.0 Å². The molecule has 0 spiro atoms. The van der Waals surface area contributed by atoms with Gasteiger partial charge >= 0.3 is 0 Å². The predicted molar refractivity (Wildman–Crippen MR) is 76.7 cm³/mol. The third-order valence-corrected chi connectivity index (χ3v) is 2.55. The molecule has 0 saturated carbocycles. The van der Waals surface area contributed by atoms with Gasteiger partial charge in [-0.05, 0) is 18.2 Å². The molecule has 0 aromatic heterocycles. The summed E-state index contributed by atoms with van der Waals surface area (Å²) in [6.45, 7) is 2.80. The van der Waals surface area contributed by atoms with Crippen molar-refractivity contribution in [3.8, 4) is 5.75 Å². The Morgan fingerprint density at radius 2 is 2.00 bits per heavy atom. The standard InChI is InChI=1S/C13H17BrN2O3/c1-10(17)15-6-7-16-13(18)11-3-2-4-12(9-11)19-8-5-14/h2-4,9H,5-8H2,1H3,(H,15,17)(H,16,18). The van der Waals surface area contributed by atoms with E-state index in [-0.39, 0.29) is 11.8 Å². The minimum absolute atomic E-state index is 0.112. The molecule has 0 heterocycles. The topological polar surface area (TPSA) is 67.4 Å². The number of ether oxygens (including phenoxy) is 1. The van der Waals surface area contributed by atoms with Crippen molar-refractivity contribution >= 4 is 27.7 Å². The molecule has 5 nitrogen and oxygen atoms in total. The SMILES string of the molecule is CC(=O)NCCNC(=O)c1cccc(OCCBr)c1. The van der Waals surface area contributed by atoms with Crippen molar-refractivity contribution in [2.45, 2.75) is 6.92 Å². The van der Waals surface area contributed by atoms with E-state index in [0.717, 1.165) is 5.33 Å². The van der Waals surface area contributed by atoms with Crippen LogP contribution in [-0.2, 0) is 4.79 Å². The summed E-state index contributed by atoms with van der Waals surface area (Å²) in [6.07, 6.45) is 0. The van der Waals surface area contributed by atoms with Crippen LogP contribution < -0.4 is 15.4 Å². The fraction of sp³-hybridized carbons (Fsp3) is 0.385.